The number of ether oxygens (including phenoxy) is 1. The van der Waals surface area contributed by atoms with Crippen LogP contribution in [-0.2, 0) is 6.42 Å². The lowest BCUT2D eigenvalue weighted by molar-refractivity contribution is 0.0114. The van der Waals surface area contributed by atoms with E-state index in [1.54, 1.807) is 0 Å². The van der Waals surface area contributed by atoms with E-state index in [9.17, 15) is 8.78 Å². The van der Waals surface area contributed by atoms with Crippen molar-refractivity contribution < 1.29 is 13.5 Å². The van der Waals surface area contributed by atoms with Gasteiger partial charge in [0.05, 0.1) is 18.7 Å². The zero-order valence-corrected chi connectivity index (χ0v) is 8.89. The minimum absolute atomic E-state index is 0.184. The Morgan fingerprint density at radius 1 is 1.60 bits per heavy atom. The quantitative estimate of drug-likeness (QED) is 0.868. The van der Waals surface area contributed by atoms with Gasteiger partial charge in [-0.25, -0.2) is 13.8 Å². The van der Waals surface area contributed by atoms with Crippen molar-refractivity contribution in [3.63, 3.8) is 0 Å². The number of halogens is 3. The Bertz CT molecular complexity index is 347. The molecule has 15 heavy (non-hydrogen) atoms. The van der Waals surface area contributed by atoms with E-state index in [-0.39, 0.29) is 16.5 Å². The molecular weight excluding hydrogens is 226 g/mol. The van der Waals surface area contributed by atoms with Gasteiger partial charge >= 0.3 is 0 Å². The second kappa shape index (κ2) is 4.72. The molecule has 0 aliphatic carbocycles. The average molecular weight is 237 g/mol. The van der Waals surface area contributed by atoms with Crippen molar-refractivity contribution in [3.05, 3.63) is 22.8 Å². The van der Waals surface area contributed by atoms with Gasteiger partial charge in [0.15, 0.2) is 0 Å². The smallest absolute Gasteiger partial charge is 0.264 e. The zero-order valence-electron chi connectivity index (χ0n) is 8.14. The van der Waals surface area contributed by atoms with Crippen LogP contribution >= 0.6 is 11.6 Å². The van der Waals surface area contributed by atoms with E-state index < -0.39 is 18.9 Å². The van der Waals surface area contributed by atoms with Crippen molar-refractivity contribution in [1.82, 2.24) is 4.98 Å². The Morgan fingerprint density at radius 3 is 2.80 bits per heavy atom. The van der Waals surface area contributed by atoms with Crippen LogP contribution in [0.5, 0.6) is 5.88 Å². The number of hydrogen-bond acceptors (Lipinski definition) is 3. The molecule has 1 aromatic rings. The first-order valence-electron chi connectivity index (χ1n) is 4.25. The molecule has 0 amide bonds. The summed E-state index contributed by atoms with van der Waals surface area (Å²) < 4.78 is 30.8. The number of hydrogen-bond donors (Lipinski definition) is 1. The molecule has 0 aliphatic rings. The van der Waals surface area contributed by atoms with Crippen LogP contribution in [0.2, 0.25) is 5.02 Å². The largest absolute Gasteiger partial charge is 0.481 e. The first-order chi connectivity index (χ1) is 6.98. The van der Waals surface area contributed by atoms with Crippen LogP contribution in [0.3, 0.4) is 0 Å². The third-order valence-corrected chi connectivity index (χ3v) is 2.21. The summed E-state index contributed by atoms with van der Waals surface area (Å²) in [5.41, 5.74) is 5.21. The molecule has 0 spiro atoms. The van der Waals surface area contributed by atoms with E-state index in [2.05, 4.69) is 4.98 Å². The summed E-state index contributed by atoms with van der Waals surface area (Å²) in [5.74, 6) is -2.71. The maximum absolute atomic E-state index is 13.0. The topological polar surface area (TPSA) is 48.1 Å². The van der Waals surface area contributed by atoms with Crippen LogP contribution < -0.4 is 10.5 Å². The second-order valence-electron chi connectivity index (χ2n) is 3.05. The molecule has 0 unspecified atom stereocenters. The van der Waals surface area contributed by atoms with E-state index in [4.69, 9.17) is 22.1 Å². The molecule has 1 rings (SSSR count). The first kappa shape index (κ1) is 12.1. The Morgan fingerprint density at radius 2 is 2.27 bits per heavy atom. The van der Waals surface area contributed by atoms with Crippen LogP contribution in [0, 0.1) is 0 Å². The van der Waals surface area contributed by atoms with Gasteiger partial charge in [0.2, 0.25) is 5.88 Å². The van der Waals surface area contributed by atoms with E-state index in [1.807, 2.05) is 0 Å². The second-order valence-corrected chi connectivity index (χ2v) is 3.46. The number of nitrogens with zero attached hydrogens (tertiary/aromatic N) is 1. The summed E-state index contributed by atoms with van der Waals surface area (Å²) in [6.07, 6.45) is 0.767. The Hall–Kier alpha value is -0.940. The maximum Gasteiger partial charge on any atom is 0.264 e. The third kappa shape index (κ3) is 3.28. The summed E-state index contributed by atoms with van der Waals surface area (Å²) in [7, 11) is 1.40. The number of methoxy groups -OCH3 is 1. The number of pyridine rings is 1. The third-order valence-electron chi connectivity index (χ3n) is 1.87. The highest BCUT2D eigenvalue weighted by atomic mass is 35.5. The molecule has 84 valence electrons. The van der Waals surface area contributed by atoms with Crippen LogP contribution in [0.15, 0.2) is 12.3 Å². The highest BCUT2D eigenvalue weighted by Gasteiger charge is 2.28. The fourth-order valence-corrected chi connectivity index (χ4v) is 1.23. The molecule has 0 bridgehead atoms. The van der Waals surface area contributed by atoms with Gasteiger partial charge in [-0.15, -0.1) is 0 Å². The molecule has 1 aromatic heterocycles. The molecule has 0 fully saturated rings. The lowest BCUT2D eigenvalue weighted by atomic mass is 10.1. The summed E-state index contributed by atoms with van der Waals surface area (Å²) >= 11 is 5.72. The monoisotopic (exact) mass is 236 g/mol. The Balaban J connectivity index is 2.93. The predicted molar refractivity (Wildman–Crippen MR) is 53.5 cm³/mol. The van der Waals surface area contributed by atoms with Crippen molar-refractivity contribution in [2.24, 2.45) is 5.73 Å². The van der Waals surface area contributed by atoms with Gasteiger partial charge in [-0.1, -0.05) is 11.6 Å². The molecule has 3 nitrogen and oxygen atoms in total. The zero-order chi connectivity index (χ0) is 11.5. The maximum atomic E-state index is 13.0. The minimum Gasteiger partial charge on any atom is -0.481 e. The molecule has 0 aromatic carbocycles. The van der Waals surface area contributed by atoms with E-state index in [1.165, 1.54) is 19.4 Å². The summed E-state index contributed by atoms with van der Waals surface area (Å²) in [5, 5.41) is 0.184. The number of nitrogens with two attached hydrogens (primary N) is 1. The fraction of sp³-hybridized carbons (Fsp3) is 0.444. The van der Waals surface area contributed by atoms with Crippen molar-refractivity contribution in [2.75, 3.05) is 13.7 Å². The average Bonchev–Trinajstić information content (AvgIpc) is 2.21. The van der Waals surface area contributed by atoms with Gasteiger partial charge in [-0.2, -0.15) is 0 Å². The van der Waals surface area contributed by atoms with E-state index >= 15 is 0 Å². The van der Waals surface area contributed by atoms with Crippen LogP contribution in [0.4, 0.5) is 8.78 Å². The van der Waals surface area contributed by atoms with Gasteiger partial charge in [-0.3, -0.25) is 0 Å². The van der Waals surface area contributed by atoms with Gasteiger partial charge in [0.25, 0.3) is 5.92 Å². The first-order valence-corrected chi connectivity index (χ1v) is 4.62. The van der Waals surface area contributed by atoms with Crippen LogP contribution in [0.25, 0.3) is 0 Å². The molecule has 0 saturated carbocycles. The van der Waals surface area contributed by atoms with Crippen molar-refractivity contribution in [3.8, 4) is 5.88 Å². The summed E-state index contributed by atoms with van der Waals surface area (Å²) in [4.78, 5) is 3.78. The molecular formula is C9H11ClF2N2O. The number of aromatic nitrogens is 1. The van der Waals surface area contributed by atoms with Crippen molar-refractivity contribution in [1.29, 1.82) is 0 Å². The molecule has 0 saturated heterocycles. The Labute approximate surface area is 91.2 Å². The molecule has 6 heteroatoms. The summed E-state index contributed by atoms with van der Waals surface area (Å²) in [6, 6.07) is 1.38. The fourth-order valence-electron chi connectivity index (χ4n) is 1.06. The van der Waals surface area contributed by atoms with Crippen LogP contribution in [-0.4, -0.2) is 24.6 Å². The highest BCUT2D eigenvalue weighted by Crippen LogP contribution is 2.26. The van der Waals surface area contributed by atoms with Gasteiger partial charge in [0.1, 0.15) is 0 Å². The van der Waals surface area contributed by atoms with Crippen molar-refractivity contribution in [2.45, 2.75) is 12.3 Å². The lowest BCUT2D eigenvalue weighted by Gasteiger charge is -2.14. The summed E-state index contributed by atoms with van der Waals surface area (Å²) in [6.45, 7) is -0.714. The normalized spacial score (nSPS) is 11.5. The molecule has 0 radical (unpaired) electrons. The number of alkyl halides is 2. The predicted octanol–water partition coefficient (Wildman–Crippen LogP) is 1.88. The standard InChI is InChI=1S/C9H11ClF2N2O/c1-15-8-2-6(7(10)4-14-8)3-9(11,12)5-13/h2,4H,3,5,13H2,1H3. The van der Waals surface area contributed by atoms with Gasteiger partial charge in [0, 0.05) is 18.7 Å². The molecule has 1 heterocycles. The van der Waals surface area contributed by atoms with Crippen LogP contribution in [0.1, 0.15) is 5.56 Å². The number of rotatable bonds is 4. The van der Waals surface area contributed by atoms with E-state index in [0.717, 1.165) is 0 Å². The molecule has 0 atom stereocenters. The van der Waals surface area contributed by atoms with E-state index in [0.29, 0.717) is 0 Å². The van der Waals surface area contributed by atoms with Gasteiger partial charge < -0.3 is 10.5 Å². The van der Waals surface area contributed by atoms with Gasteiger partial charge in [-0.05, 0) is 5.56 Å². The molecule has 0 aliphatic heterocycles. The molecule has 2 N–H and O–H groups in total. The Kier molecular flexibility index (Phi) is 3.82. The highest BCUT2D eigenvalue weighted by molar-refractivity contribution is 6.31. The van der Waals surface area contributed by atoms with Crippen molar-refractivity contribution >= 4 is 11.6 Å². The minimum atomic E-state index is -2.96. The SMILES string of the molecule is COc1cc(CC(F)(F)CN)c(Cl)cn1. The lowest BCUT2D eigenvalue weighted by Crippen LogP contribution is -2.30.